The van der Waals surface area contributed by atoms with Crippen molar-refractivity contribution in [2.75, 3.05) is 32.7 Å². The zero-order chi connectivity index (χ0) is 24.9. The molecule has 2 aliphatic rings. The topological polar surface area (TPSA) is 125 Å². The van der Waals surface area contributed by atoms with Gasteiger partial charge < -0.3 is 20.3 Å². The molecule has 1 saturated heterocycles. The number of ether oxygens (including phenoxy) is 1. The van der Waals surface area contributed by atoms with Gasteiger partial charge in [-0.3, -0.25) is 24.1 Å². The summed E-state index contributed by atoms with van der Waals surface area (Å²) in [5, 5.41) is 5.42. The van der Waals surface area contributed by atoms with Crippen molar-refractivity contribution in [3.05, 3.63) is 35.4 Å². The third kappa shape index (κ3) is 6.55. The van der Waals surface area contributed by atoms with Crippen LogP contribution in [-0.2, 0) is 14.3 Å². The number of nitrogens with one attached hydrogen (secondary N) is 2. The van der Waals surface area contributed by atoms with Crippen molar-refractivity contribution in [3.63, 3.8) is 0 Å². The summed E-state index contributed by atoms with van der Waals surface area (Å²) >= 11 is 0. The number of alkyl carbamates (subject to hydrolysis) is 1. The smallest absolute Gasteiger partial charge is 0.407 e. The van der Waals surface area contributed by atoms with Gasteiger partial charge in [-0.25, -0.2) is 4.79 Å². The van der Waals surface area contributed by atoms with Crippen molar-refractivity contribution in [3.8, 4) is 0 Å². The fourth-order valence-electron chi connectivity index (χ4n) is 3.94. The molecule has 0 atom stereocenters. The second kappa shape index (κ2) is 10.7. The van der Waals surface area contributed by atoms with Crippen molar-refractivity contribution in [1.29, 1.82) is 0 Å². The third-order valence-corrected chi connectivity index (χ3v) is 5.75. The molecule has 10 heteroatoms. The van der Waals surface area contributed by atoms with E-state index in [1.54, 1.807) is 49.9 Å². The van der Waals surface area contributed by atoms with Crippen LogP contribution in [0.4, 0.5) is 4.79 Å². The van der Waals surface area contributed by atoms with E-state index in [4.69, 9.17) is 4.74 Å². The molecular formula is C24H32N4O6. The Morgan fingerprint density at radius 3 is 2.15 bits per heavy atom. The van der Waals surface area contributed by atoms with Crippen LogP contribution in [0, 0.1) is 5.92 Å². The number of rotatable bonds is 7. The number of carbonyl (C=O) groups excluding carboxylic acids is 5. The summed E-state index contributed by atoms with van der Waals surface area (Å²) in [7, 11) is 0. The Balaban J connectivity index is 1.34. The zero-order valence-corrected chi connectivity index (χ0v) is 19.9. The second-order valence-corrected chi connectivity index (χ2v) is 9.55. The fraction of sp³-hybridized carbons (Fsp3) is 0.542. The molecule has 0 radical (unpaired) electrons. The highest BCUT2D eigenvalue weighted by Gasteiger charge is 2.37. The molecule has 1 aromatic carbocycles. The molecule has 3 rings (SSSR count). The van der Waals surface area contributed by atoms with Gasteiger partial charge in [-0.05, 0) is 51.7 Å². The van der Waals surface area contributed by atoms with E-state index in [-0.39, 0.29) is 37.2 Å². The van der Waals surface area contributed by atoms with Gasteiger partial charge in [0.2, 0.25) is 11.8 Å². The predicted octanol–water partition coefficient (Wildman–Crippen LogP) is 1.55. The standard InChI is InChI=1S/C24H32N4O6/c1-24(2,3)34-23(33)25-11-8-19(29)26-14-16-9-12-27(13-10-16)20(30)15-28-21(31)17-6-4-5-7-18(17)22(28)32/h4-7,16H,8-15H2,1-3H3,(H,25,33)(H,26,29). The van der Waals surface area contributed by atoms with Crippen LogP contribution in [0.25, 0.3) is 0 Å². The lowest BCUT2D eigenvalue weighted by atomic mass is 9.96. The van der Waals surface area contributed by atoms with Crippen LogP contribution in [0.1, 0.15) is 60.7 Å². The van der Waals surface area contributed by atoms with Crippen molar-refractivity contribution < 1.29 is 28.7 Å². The van der Waals surface area contributed by atoms with Gasteiger partial charge in [0.15, 0.2) is 0 Å². The molecule has 2 N–H and O–H groups in total. The molecule has 1 fully saturated rings. The quantitative estimate of drug-likeness (QED) is 0.580. The molecule has 0 aromatic heterocycles. The first-order valence-electron chi connectivity index (χ1n) is 11.5. The number of imide groups is 1. The van der Waals surface area contributed by atoms with Gasteiger partial charge >= 0.3 is 6.09 Å². The van der Waals surface area contributed by atoms with Crippen LogP contribution in [-0.4, -0.2) is 77.8 Å². The fourth-order valence-corrected chi connectivity index (χ4v) is 3.94. The lowest BCUT2D eigenvalue weighted by molar-refractivity contribution is -0.133. The first-order valence-corrected chi connectivity index (χ1v) is 11.5. The highest BCUT2D eigenvalue weighted by Crippen LogP contribution is 2.23. The van der Waals surface area contributed by atoms with Crippen molar-refractivity contribution in [1.82, 2.24) is 20.4 Å². The average molecular weight is 473 g/mol. The molecule has 0 saturated carbocycles. The van der Waals surface area contributed by atoms with E-state index in [2.05, 4.69) is 10.6 Å². The number of amides is 5. The molecule has 2 heterocycles. The molecule has 184 valence electrons. The Morgan fingerprint density at radius 2 is 1.59 bits per heavy atom. The summed E-state index contributed by atoms with van der Waals surface area (Å²) in [5.41, 5.74) is 0.0692. The molecule has 5 amide bonds. The second-order valence-electron chi connectivity index (χ2n) is 9.55. The number of fused-ring (bicyclic) bond motifs is 1. The Kier molecular flexibility index (Phi) is 7.90. The van der Waals surface area contributed by atoms with E-state index in [1.807, 2.05) is 0 Å². The Morgan fingerprint density at radius 1 is 1.00 bits per heavy atom. The molecule has 34 heavy (non-hydrogen) atoms. The predicted molar refractivity (Wildman–Crippen MR) is 123 cm³/mol. The summed E-state index contributed by atoms with van der Waals surface area (Å²) in [6, 6.07) is 6.56. The number of carbonyl (C=O) groups is 5. The minimum Gasteiger partial charge on any atom is -0.444 e. The van der Waals surface area contributed by atoms with Crippen LogP contribution < -0.4 is 10.6 Å². The summed E-state index contributed by atoms with van der Waals surface area (Å²) < 4.78 is 5.12. The first-order chi connectivity index (χ1) is 16.0. The van der Waals surface area contributed by atoms with Crippen molar-refractivity contribution >= 4 is 29.7 Å². The van der Waals surface area contributed by atoms with Gasteiger partial charge in [0, 0.05) is 32.6 Å². The van der Waals surface area contributed by atoms with Gasteiger partial charge in [0.1, 0.15) is 12.1 Å². The molecule has 0 unspecified atom stereocenters. The number of piperidine rings is 1. The lowest BCUT2D eigenvalue weighted by Crippen LogP contribution is -2.46. The Labute approximate surface area is 199 Å². The SMILES string of the molecule is CC(C)(C)OC(=O)NCCC(=O)NCC1CCN(C(=O)CN2C(=O)c3ccccc3C2=O)CC1. The van der Waals surface area contributed by atoms with Crippen molar-refractivity contribution in [2.45, 2.75) is 45.6 Å². The van der Waals surface area contributed by atoms with E-state index in [0.29, 0.717) is 43.6 Å². The summed E-state index contributed by atoms with van der Waals surface area (Å²) in [6.07, 6.45) is 1.02. The molecule has 0 spiro atoms. The molecule has 0 bridgehead atoms. The van der Waals surface area contributed by atoms with Crippen LogP contribution in [0.2, 0.25) is 0 Å². The summed E-state index contributed by atoms with van der Waals surface area (Å²) in [5.74, 6) is -1.07. The van der Waals surface area contributed by atoms with Crippen LogP contribution in [0.5, 0.6) is 0 Å². The Bertz CT molecular complexity index is 927. The minimum absolute atomic E-state index is 0.150. The van der Waals surface area contributed by atoms with E-state index in [0.717, 1.165) is 4.90 Å². The number of nitrogens with zero attached hydrogens (tertiary/aromatic N) is 2. The highest BCUT2D eigenvalue weighted by molar-refractivity contribution is 6.22. The van der Waals surface area contributed by atoms with Gasteiger partial charge in [-0.1, -0.05) is 12.1 Å². The van der Waals surface area contributed by atoms with Gasteiger partial charge in [-0.15, -0.1) is 0 Å². The van der Waals surface area contributed by atoms with E-state index in [1.165, 1.54) is 0 Å². The first kappa shape index (κ1) is 25.2. The van der Waals surface area contributed by atoms with E-state index >= 15 is 0 Å². The maximum absolute atomic E-state index is 12.7. The van der Waals surface area contributed by atoms with E-state index in [9.17, 15) is 24.0 Å². The van der Waals surface area contributed by atoms with Crippen LogP contribution in [0.3, 0.4) is 0 Å². The normalized spacial score (nSPS) is 16.3. The van der Waals surface area contributed by atoms with E-state index < -0.39 is 23.5 Å². The van der Waals surface area contributed by atoms with Crippen LogP contribution >= 0.6 is 0 Å². The summed E-state index contributed by atoms with van der Waals surface area (Å²) in [6.45, 7) is 6.72. The van der Waals surface area contributed by atoms with Gasteiger partial charge in [0.25, 0.3) is 11.8 Å². The maximum atomic E-state index is 12.7. The van der Waals surface area contributed by atoms with Crippen molar-refractivity contribution in [2.24, 2.45) is 5.92 Å². The molecule has 2 aliphatic heterocycles. The highest BCUT2D eigenvalue weighted by atomic mass is 16.6. The number of hydrogen-bond donors (Lipinski definition) is 2. The molecule has 10 nitrogen and oxygen atoms in total. The maximum Gasteiger partial charge on any atom is 0.407 e. The molecule has 0 aliphatic carbocycles. The van der Waals surface area contributed by atoms with Gasteiger partial charge in [-0.2, -0.15) is 0 Å². The zero-order valence-electron chi connectivity index (χ0n) is 19.9. The summed E-state index contributed by atoms with van der Waals surface area (Å²) in [4.78, 5) is 63.9. The Hall–Kier alpha value is -3.43. The third-order valence-electron chi connectivity index (χ3n) is 5.75. The number of hydrogen-bond acceptors (Lipinski definition) is 6. The number of benzene rings is 1. The molecular weight excluding hydrogens is 440 g/mol. The van der Waals surface area contributed by atoms with Crippen LogP contribution in [0.15, 0.2) is 24.3 Å². The average Bonchev–Trinajstić information content (AvgIpc) is 3.02. The monoisotopic (exact) mass is 472 g/mol. The largest absolute Gasteiger partial charge is 0.444 e. The number of likely N-dealkylation sites (tertiary alicyclic amines) is 1. The lowest BCUT2D eigenvalue weighted by Gasteiger charge is -2.32. The van der Waals surface area contributed by atoms with Gasteiger partial charge in [0.05, 0.1) is 11.1 Å². The minimum atomic E-state index is -0.590. The molecule has 1 aromatic rings.